The number of ether oxygens (including phenoxy) is 1. The first-order chi connectivity index (χ1) is 23.5. The summed E-state index contributed by atoms with van der Waals surface area (Å²) in [6, 6.07) is 7.55. The van der Waals surface area contributed by atoms with Gasteiger partial charge in [0.15, 0.2) is 12.4 Å². The summed E-state index contributed by atoms with van der Waals surface area (Å²) in [6.45, 7) is 4.41. The zero-order valence-electron chi connectivity index (χ0n) is 28.9. The minimum atomic E-state index is -5.32. The van der Waals surface area contributed by atoms with Gasteiger partial charge in [-0.05, 0) is 36.5 Å². The van der Waals surface area contributed by atoms with Crippen molar-refractivity contribution in [2.45, 2.75) is 122 Å². The Hall–Kier alpha value is -3.90. The van der Waals surface area contributed by atoms with Crippen molar-refractivity contribution in [1.82, 2.24) is 10.6 Å². The number of Topliss-reactive ketones (excluding diaryl/α,β-unsaturated/α-hetero) is 1. The molecule has 2 atom stereocenters. The molecule has 2 aromatic carbocycles. The topological polar surface area (TPSA) is 102 Å². The fourth-order valence-corrected chi connectivity index (χ4v) is 5.49. The molecule has 0 aliphatic heterocycles. The van der Waals surface area contributed by atoms with Crippen molar-refractivity contribution in [2.75, 3.05) is 6.61 Å². The van der Waals surface area contributed by atoms with Gasteiger partial charge in [-0.15, -0.1) is 0 Å². The lowest BCUT2D eigenvalue weighted by atomic mass is 9.98. The van der Waals surface area contributed by atoms with Gasteiger partial charge in [0, 0.05) is 12.8 Å². The first-order valence-electron chi connectivity index (χ1n) is 17.1. The summed E-state index contributed by atoms with van der Waals surface area (Å²) in [6.07, 6.45) is -0.802. The van der Waals surface area contributed by atoms with Gasteiger partial charge in [0.25, 0.3) is 0 Å². The molecule has 2 rings (SSSR count). The Kier molecular flexibility index (Phi) is 17.5. The quantitative estimate of drug-likeness (QED) is 0.0766. The molecule has 0 aliphatic rings. The predicted molar refractivity (Wildman–Crippen MR) is 177 cm³/mol. The van der Waals surface area contributed by atoms with Crippen LogP contribution in [0.3, 0.4) is 0 Å². The van der Waals surface area contributed by atoms with Crippen LogP contribution in [0.25, 0.3) is 0 Å². The highest BCUT2D eigenvalue weighted by Gasteiger charge is 2.43. The van der Waals surface area contributed by atoms with Crippen molar-refractivity contribution in [3.05, 3.63) is 70.8 Å². The Labute approximate surface area is 289 Å². The Bertz CT molecular complexity index is 1350. The summed E-state index contributed by atoms with van der Waals surface area (Å²) in [4.78, 5) is 52.3. The fraction of sp³-hybridized carbons (Fsp3) is 0.568. The number of ketones is 1. The van der Waals surface area contributed by atoms with Crippen molar-refractivity contribution >= 4 is 23.6 Å². The van der Waals surface area contributed by atoms with Crippen molar-refractivity contribution in [2.24, 2.45) is 5.92 Å². The molecule has 7 nitrogen and oxygen atoms in total. The van der Waals surface area contributed by atoms with E-state index >= 15 is 0 Å². The van der Waals surface area contributed by atoms with E-state index in [9.17, 15) is 45.5 Å². The van der Waals surface area contributed by atoms with Crippen LogP contribution in [0.4, 0.5) is 26.3 Å². The lowest BCUT2D eigenvalue weighted by Gasteiger charge is -2.24. The van der Waals surface area contributed by atoms with E-state index in [0.29, 0.717) is 24.6 Å². The summed E-state index contributed by atoms with van der Waals surface area (Å²) in [5.41, 5.74) is -4.76. The van der Waals surface area contributed by atoms with Crippen LogP contribution in [0.2, 0.25) is 0 Å². The molecular weight excluding hydrogens is 666 g/mol. The van der Waals surface area contributed by atoms with Crippen LogP contribution in [0, 0.1) is 5.92 Å². The number of carbonyl (C=O) groups excluding carboxylic acids is 4. The number of rotatable bonds is 21. The van der Waals surface area contributed by atoms with Crippen LogP contribution in [0.5, 0.6) is 0 Å². The van der Waals surface area contributed by atoms with Gasteiger partial charge < -0.3 is 15.4 Å². The Morgan fingerprint density at radius 3 is 1.76 bits per heavy atom. The summed E-state index contributed by atoms with van der Waals surface area (Å²) >= 11 is 0. The smallest absolute Gasteiger partial charge is 0.417 e. The molecule has 0 radical (unpaired) electrons. The van der Waals surface area contributed by atoms with E-state index in [-0.39, 0.29) is 31.1 Å². The van der Waals surface area contributed by atoms with Crippen molar-refractivity contribution in [3.63, 3.8) is 0 Å². The normalized spacial score (nSPS) is 13.1. The number of benzene rings is 2. The zero-order chi connectivity index (χ0) is 37.3. The summed E-state index contributed by atoms with van der Waals surface area (Å²) < 4.78 is 86.1. The molecule has 0 aromatic heterocycles. The SMILES string of the molecule is CCCCCCCCCCCC(=O)N[C@@H](Cc1ccccc1)C(=O)N[C@@H](CC(C)C)C(=O)COC(=O)c1c(C(F)(F)F)cccc1C(F)(F)F. The molecule has 13 heteroatoms. The third kappa shape index (κ3) is 14.9. The fourth-order valence-electron chi connectivity index (χ4n) is 5.49. The first-order valence-corrected chi connectivity index (χ1v) is 17.1. The number of unbranched alkanes of at least 4 members (excludes halogenated alkanes) is 8. The van der Waals surface area contributed by atoms with E-state index in [1.807, 2.05) is 0 Å². The molecule has 0 saturated carbocycles. The van der Waals surface area contributed by atoms with E-state index < -0.39 is 65.4 Å². The molecule has 278 valence electrons. The van der Waals surface area contributed by atoms with Crippen molar-refractivity contribution in [1.29, 1.82) is 0 Å². The number of alkyl halides is 6. The lowest BCUT2D eigenvalue weighted by Crippen LogP contribution is -2.53. The van der Waals surface area contributed by atoms with E-state index in [2.05, 4.69) is 17.6 Å². The minimum absolute atomic E-state index is 0.0134. The van der Waals surface area contributed by atoms with Gasteiger partial charge in [-0.25, -0.2) is 4.79 Å². The molecule has 2 aromatic rings. The number of halogens is 6. The van der Waals surface area contributed by atoms with E-state index in [1.54, 1.807) is 44.2 Å². The summed E-state index contributed by atoms with van der Waals surface area (Å²) in [5, 5.41) is 5.30. The maximum Gasteiger partial charge on any atom is 0.417 e. The number of carbonyl (C=O) groups is 4. The summed E-state index contributed by atoms with van der Waals surface area (Å²) in [5.74, 6) is -4.22. The van der Waals surface area contributed by atoms with Gasteiger partial charge in [0.05, 0.1) is 22.7 Å². The van der Waals surface area contributed by atoms with Crippen LogP contribution in [0.1, 0.15) is 118 Å². The molecule has 0 unspecified atom stereocenters. The Balaban J connectivity index is 2.13. The van der Waals surface area contributed by atoms with Gasteiger partial charge in [-0.1, -0.05) is 109 Å². The third-order valence-electron chi connectivity index (χ3n) is 8.08. The first kappa shape index (κ1) is 42.3. The average molecular weight is 715 g/mol. The lowest BCUT2D eigenvalue weighted by molar-refractivity contribution is -0.144. The zero-order valence-corrected chi connectivity index (χ0v) is 28.9. The van der Waals surface area contributed by atoms with Crippen LogP contribution < -0.4 is 10.6 Å². The highest BCUT2D eigenvalue weighted by Crippen LogP contribution is 2.39. The predicted octanol–water partition coefficient (Wildman–Crippen LogP) is 8.63. The number of hydrogen-bond acceptors (Lipinski definition) is 5. The van der Waals surface area contributed by atoms with E-state index in [1.165, 1.54) is 25.7 Å². The van der Waals surface area contributed by atoms with Crippen LogP contribution in [-0.2, 0) is 37.9 Å². The summed E-state index contributed by atoms with van der Waals surface area (Å²) in [7, 11) is 0. The Morgan fingerprint density at radius 1 is 0.700 bits per heavy atom. The van der Waals surface area contributed by atoms with Gasteiger partial charge >= 0.3 is 18.3 Å². The molecule has 0 bridgehead atoms. The van der Waals surface area contributed by atoms with Crippen LogP contribution in [-0.4, -0.2) is 42.3 Å². The highest BCUT2D eigenvalue weighted by molar-refractivity contribution is 5.97. The highest BCUT2D eigenvalue weighted by atomic mass is 19.4. The molecule has 0 saturated heterocycles. The minimum Gasteiger partial charge on any atom is -0.454 e. The van der Waals surface area contributed by atoms with Crippen molar-refractivity contribution < 1.29 is 50.3 Å². The molecule has 0 spiro atoms. The molecule has 50 heavy (non-hydrogen) atoms. The average Bonchev–Trinajstić information content (AvgIpc) is 3.04. The molecule has 2 amide bonds. The number of nitrogens with one attached hydrogen (secondary N) is 2. The second-order valence-corrected chi connectivity index (χ2v) is 12.8. The van der Waals surface area contributed by atoms with Crippen LogP contribution in [0.15, 0.2) is 48.5 Å². The Morgan fingerprint density at radius 2 is 1.24 bits per heavy atom. The van der Waals surface area contributed by atoms with Crippen LogP contribution >= 0.6 is 0 Å². The van der Waals surface area contributed by atoms with Gasteiger partial charge in [0.1, 0.15) is 6.04 Å². The maximum absolute atomic E-state index is 13.6. The molecular formula is C37H48F6N2O5. The maximum atomic E-state index is 13.6. The van der Waals surface area contributed by atoms with Crippen molar-refractivity contribution in [3.8, 4) is 0 Å². The monoisotopic (exact) mass is 714 g/mol. The standard InChI is InChI=1S/C37H48F6N2O5/c1-4-5-6-7-8-9-10-11-15-21-32(47)44-30(23-26-17-13-12-14-18-26)34(48)45-29(22-25(2)3)31(46)24-50-35(49)33-27(36(38,39)40)19-16-20-28(33)37(41,42)43/h12-14,16-20,25,29-30H,4-11,15,21-24H2,1-3H3,(H,44,47)(H,45,48)/t29-,30-/m0/s1. The number of hydrogen-bond donors (Lipinski definition) is 2. The van der Waals surface area contributed by atoms with E-state index in [0.717, 1.165) is 31.2 Å². The second-order valence-electron chi connectivity index (χ2n) is 12.8. The molecule has 0 heterocycles. The molecule has 0 fully saturated rings. The number of amides is 2. The third-order valence-corrected chi connectivity index (χ3v) is 8.08. The van der Waals surface area contributed by atoms with Gasteiger partial charge in [-0.3, -0.25) is 14.4 Å². The van der Waals surface area contributed by atoms with E-state index in [4.69, 9.17) is 4.74 Å². The number of esters is 1. The second kappa shape index (κ2) is 20.7. The van der Waals surface area contributed by atoms with Gasteiger partial charge in [-0.2, -0.15) is 26.3 Å². The molecule has 2 N–H and O–H groups in total. The van der Waals surface area contributed by atoms with Gasteiger partial charge in [0.2, 0.25) is 11.8 Å². The largest absolute Gasteiger partial charge is 0.454 e. The molecule has 0 aliphatic carbocycles.